The van der Waals surface area contributed by atoms with Gasteiger partial charge in [-0.15, -0.1) is 0 Å². The van der Waals surface area contributed by atoms with Crippen LogP contribution in [0.5, 0.6) is 0 Å². The smallest absolute Gasteiger partial charge is 0.303 e. The van der Waals surface area contributed by atoms with Crippen LogP contribution in [-0.2, 0) is 4.79 Å². The van der Waals surface area contributed by atoms with Crippen LogP contribution in [0.25, 0.3) is 0 Å². The topological polar surface area (TPSA) is 54.4 Å². The molecule has 0 spiro atoms. The van der Waals surface area contributed by atoms with E-state index in [0.717, 1.165) is 11.1 Å². The van der Waals surface area contributed by atoms with Crippen molar-refractivity contribution in [2.45, 2.75) is 39.0 Å². The summed E-state index contributed by atoms with van der Waals surface area (Å²) in [5.41, 5.74) is 1.81. The molecule has 0 heterocycles. The van der Waals surface area contributed by atoms with Crippen LogP contribution in [0, 0.1) is 0 Å². The lowest BCUT2D eigenvalue weighted by atomic mass is 9.94. The molecule has 1 aromatic carbocycles. The van der Waals surface area contributed by atoms with Crippen LogP contribution in [0.4, 0.5) is 0 Å². The highest BCUT2D eigenvalue weighted by atomic mass is 16.4. The molecule has 1 aromatic rings. The molecular weight excluding hydrogens is 216 g/mol. The predicted molar refractivity (Wildman–Crippen MR) is 66.3 cm³/mol. The van der Waals surface area contributed by atoms with E-state index in [9.17, 15) is 9.59 Å². The van der Waals surface area contributed by atoms with Crippen molar-refractivity contribution in [3.63, 3.8) is 0 Å². The number of aliphatic carboxylic acids is 1. The SMILES string of the molecule is CCC(=O)c1ccc([C@H](C)CCC(=O)O)cc1. The molecule has 0 saturated heterocycles. The molecule has 3 heteroatoms. The summed E-state index contributed by atoms with van der Waals surface area (Å²) in [5, 5.41) is 8.61. The normalized spacial score (nSPS) is 12.1. The summed E-state index contributed by atoms with van der Waals surface area (Å²) in [6.45, 7) is 3.84. The van der Waals surface area contributed by atoms with Crippen LogP contribution < -0.4 is 0 Å². The standard InChI is InChI=1S/C14H18O3/c1-3-13(15)12-7-5-11(6-8-12)10(2)4-9-14(16)17/h5-8,10H,3-4,9H2,1-2H3,(H,16,17)/t10-/m1/s1. The lowest BCUT2D eigenvalue weighted by molar-refractivity contribution is -0.137. The maximum atomic E-state index is 11.4. The molecule has 0 aliphatic heterocycles. The van der Waals surface area contributed by atoms with Crippen molar-refractivity contribution in [1.82, 2.24) is 0 Å². The highest BCUT2D eigenvalue weighted by molar-refractivity contribution is 5.95. The molecule has 0 bridgehead atoms. The minimum atomic E-state index is -0.769. The van der Waals surface area contributed by atoms with Crippen LogP contribution in [0.2, 0.25) is 0 Å². The molecule has 92 valence electrons. The maximum absolute atomic E-state index is 11.4. The molecule has 1 rings (SSSR count). The predicted octanol–water partition coefficient (Wildman–Crippen LogP) is 3.25. The molecule has 1 atom stereocenters. The molecule has 0 unspecified atom stereocenters. The van der Waals surface area contributed by atoms with Crippen molar-refractivity contribution in [3.05, 3.63) is 35.4 Å². The number of hydrogen-bond acceptors (Lipinski definition) is 2. The number of benzene rings is 1. The Kier molecular flexibility index (Phi) is 4.88. The Labute approximate surface area is 101 Å². The molecule has 3 nitrogen and oxygen atoms in total. The Hall–Kier alpha value is -1.64. The Morgan fingerprint density at radius 2 is 1.82 bits per heavy atom. The number of carboxylic acids is 1. The first-order valence-corrected chi connectivity index (χ1v) is 5.89. The lowest BCUT2D eigenvalue weighted by Gasteiger charge is -2.10. The zero-order valence-electron chi connectivity index (χ0n) is 10.3. The molecule has 0 aliphatic carbocycles. The van der Waals surface area contributed by atoms with Crippen molar-refractivity contribution in [2.24, 2.45) is 0 Å². The number of ketones is 1. The highest BCUT2D eigenvalue weighted by Gasteiger charge is 2.09. The van der Waals surface area contributed by atoms with Gasteiger partial charge in [0.15, 0.2) is 5.78 Å². The zero-order chi connectivity index (χ0) is 12.8. The number of carbonyl (C=O) groups is 2. The highest BCUT2D eigenvalue weighted by Crippen LogP contribution is 2.21. The van der Waals surface area contributed by atoms with Crippen molar-refractivity contribution >= 4 is 11.8 Å². The Morgan fingerprint density at radius 1 is 1.24 bits per heavy atom. The van der Waals surface area contributed by atoms with Crippen molar-refractivity contribution < 1.29 is 14.7 Å². The fourth-order valence-electron chi connectivity index (χ4n) is 1.71. The largest absolute Gasteiger partial charge is 0.481 e. The second-order valence-electron chi connectivity index (χ2n) is 4.23. The molecule has 17 heavy (non-hydrogen) atoms. The van der Waals surface area contributed by atoms with Crippen LogP contribution in [-0.4, -0.2) is 16.9 Å². The second-order valence-corrected chi connectivity index (χ2v) is 4.23. The van der Waals surface area contributed by atoms with Crippen molar-refractivity contribution in [1.29, 1.82) is 0 Å². The number of Topliss-reactive ketones (excluding diaryl/α,β-unsaturated/α-hetero) is 1. The molecule has 0 aromatic heterocycles. The van der Waals surface area contributed by atoms with E-state index in [1.54, 1.807) is 0 Å². The van der Waals surface area contributed by atoms with Crippen LogP contribution in [0.1, 0.15) is 54.9 Å². The van der Waals surface area contributed by atoms with E-state index in [2.05, 4.69) is 0 Å². The van der Waals surface area contributed by atoms with Crippen molar-refractivity contribution in [2.75, 3.05) is 0 Å². The first-order valence-electron chi connectivity index (χ1n) is 5.89. The third-order valence-electron chi connectivity index (χ3n) is 2.91. The Bertz CT molecular complexity index is 392. The monoisotopic (exact) mass is 234 g/mol. The first kappa shape index (κ1) is 13.4. The molecular formula is C14H18O3. The van der Waals surface area contributed by atoms with Crippen LogP contribution >= 0.6 is 0 Å². The maximum Gasteiger partial charge on any atom is 0.303 e. The van der Waals surface area contributed by atoms with Gasteiger partial charge in [0.05, 0.1) is 0 Å². The van der Waals surface area contributed by atoms with Gasteiger partial charge in [-0.25, -0.2) is 0 Å². The molecule has 0 radical (unpaired) electrons. The fourth-order valence-corrected chi connectivity index (χ4v) is 1.71. The average Bonchev–Trinajstić information content (AvgIpc) is 2.35. The van der Waals surface area contributed by atoms with E-state index in [-0.39, 0.29) is 18.1 Å². The molecule has 0 amide bonds. The fraction of sp³-hybridized carbons (Fsp3) is 0.429. The van der Waals surface area contributed by atoms with Crippen LogP contribution in [0.15, 0.2) is 24.3 Å². The van der Waals surface area contributed by atoms with Gasteiger partial charge in [0.2, 0.25) is 0 Å². The summed E-state index contributed by atoms with van der Waals surface area (Å²) in [4.78, 5) is 21.9. The lowest BCUT2D eigenvalue weighted by Crippen LogP contribution is -2.01. The molecule has 1 N–H and O–H groups in total. The molecule has 0 fully saturated rings. The molecule has 0 saturated carbocycles. The van der Waals surface area contributed by atoms with Gasteiger partial charge in [0.1, 0.15) is 0 Å². The third kappa shape index (κ3) is 4.02. The van der Waals surface area contributed by atoms with Gasteiger partial charge in [-0.3, -0.25) is 9.59 Å². The number of rotatable bonds is 6. The molecule has 0 aliphatic rings. The minimum absolute atomic E-state index is 0.134. The second kappa shape index (κ2) is 6.18. The summed E-state index contributed by atoms with van der Waals surface area (Å²) in [5.74, 6) is -0.429. The first-order chi connectivity index (χ1) is 8.04. The van der Waals surface area contributed by atoms with Gasteiger partial charge >= 0.3 is 5.97 Å². The van der Waals surface area contributed by atoms with E-state index in [0.29, 0.717) is 12.8 Å². The Balaban J connectivity index is 2.66. The summed E-state index contributed by atoms with van der Waals surface area (Å²) in [6, 6.07) is 7.46. The quantitative estimate of drug-likeness (QED) is 0.769. The average molecular weight is 234 g/mol. The van der Waals surface area contributed by atoms with Gasteiger partial charge in [-0.05, 0) is 17.9 Å². The van der Waals surface area contributed by atoms with E-state index in [4.69, 9.17) is 5.11 Å². The van der Waals surface area contributed by atoms with E-state index in [1.165, 1.54) is 0 Å². The summed E-state index contributed by atoms with van der Waals surface area (Å²) in [7, 11) is 0. The van der Waals surface area contributed by atoms with Gasteiger partial charge in [-0.1, -0.05) is 38.1 Å². The zero-order valence-corrected chi connectivity index (χ0v) is 10.3. The van der Waals surface area contributed by atoms with E-state index in [1.807, 2.05) is 38.1 Å². The third-order valence-corrected chi connectivity index (χ3v) is 2.91. The summed E-state index contributed by atoms with van der Waals surface area (Å²) < 4.78 is 0. The van der Waals surface area contributed by atoms with Gasteiger partial charge in [0.25, 0.3) is 0 Å². The van der Waals surface area contributed by atoms with Gasteiger partial charge in [0, 0.05) is 18.4 Å². The van der Waals surface area contributed by atoms with Gasteiger partial charge < -0.3 is 5.11 Å². The Morgan fingerprint density at radius 3 is 2.29 bits per heavy atom. The van der Waals surface area contributed by atoms with Gasteiger partial charge in [-0.2, -0.15) is 0 Å². The van der Waals surface area contributed by atoms with E-state index >= 15 is 0 Å². The van der Waals surface area contributed by atoms with Crippen molar-refractivity contribution in [3.8, 4) is 0 Å². The minimum Gasteiger partial charge on any atom is -0.481 e. The van der Waals surface area contributed by atoms with E-state index < -0.39 is 5.97 Å². The number of hydrogen-bond donors (Lipinski definition) is 1. The summed E-state index contributed by atoms with van der Waals surface area (Å²) >= 11 is 0. The number of carboxylic acid groups (broad SMARTS) is 1. The number of carbonyl (C=O) groups excluding carboxylic acids is 1. The van der Waals surface area contributed by atoms with Crippen LogP contribution in [0.3, 0.4) is 0 Å². The summed E-state index contributed by atoms with van der Waals surface area (Å²) in [6.07, 6.45) is 1.31.